The Morgan fingerprint density at radius 2 is 1.90 bits per heavy atom. The summed E-state index contributed by atoms with van der Waals surface area (Å²) in [5, 5.41) is 6.30. The van der Waals surface area contributed by atoms with Crippen LogP contribution in [-0.2, 0) is 19.1 Å². The molecule has 41 heavy (non-hydrogen) atoms. The number of likely N-dealkylation sites (N-methyl/N-ethyl adjacent to an activating group) is 1. The molecule has 2 N–H and O–H groups in total. The smallest absolute Gasteiger partial charge is 0.246 e. The molecule has 9 heteroatoms. The number of nitrogens with one attached hydrogen (secondary N) is 2. The fraction of sp³-hybridized carbons (Fsp3) is 0.656. The number of amides is 3. The number of carbonyl (C=O) groups excluding carboxylic acids is 3. The van der Waals surface area contributed by atoms with Crippen molar-refractivity contribution >= 4 is 23.4 Å². The number of likely N-dealkylation sites (tertiary alicyclic amines) is 1. The highest BCUT2D eigenvalue weighted by Crippen LogP contribution is 2.55. The van der Waals surface area contributed by atoms with Crippen LogP contribution >= 0.6 is 0 Å². The Balaban J connectivity index is 1.40. The van der Waals surface area contributed by atoms with Gasteiger partial charge in [0.15, 0.2) is 0 Å². The van der Waals surface area contributed by atoms with E-state index in [9.17, 15) is 14.4 Å². The molecule has 8 atom stereocenters. The van der Waals surface area contributed by atoms with Gasteiger partial charge in [-0.1, -0.05) is 52.2 Å². The van der Waals surface area contributed by atoms with Crippen molar-refractivity contribution in [1.29, 1.82) is 0 Å². The van der Waals surface area contributed by atoms with Crippen molar-refractivity contribution < 1.29 is 23.9 Å². The number of anilines is 1. The van der Waals surface area contributed by atoms with Gasteiger partial charge in [0.1, 0.15) is 17.4 Å². The maximum absolute atomic E-state index is 14.2. The Morgan fingerprint density at radius 1 is 1.15 bits per heavy atom. The standard InChI is InChI=1S/C32H46N4O5/c1-6-7-17-35(4)18-19-36-28(30(38)34-24-10-8-9-20(2)21(24)3)32-16-15-25(41-32)26(27(32)31(36)39)29(37)33-22-11-13-23(40-5)14-12-22/h11-16,20-21,24-28H,6-10,17-19H2,1-5H3,(H,33,37)(H,34,38)/t20?,21?,24?,25-,26?,27-,28?,32?/m0/s1. The van der Waals surface area contributed by atoms with E-state index in [0.717, 1.165) is 38.6 Å². The topological polar surface area (TPSA) is 100 Å². The minimum absolute atomic E-state index is 0.0580. The number of fused-ring (bicyclic) bond motifs is 1. The van der Waals surface area contributed by atoms with E-state index in [0.29, 0.717) is 36.4 Å². The van der Waals surface area contributed by atoms with Crippen LogP contribution in [0.15, 0.2) is 36.4 Å². The number of methoxy groups -OCH3 is 1. The van der Waals surface area contributed by atoms with Crippen molar-refractivity contribution in [2.24, 2.45) is 23.7 Å². The number of carbonyl (C=O) groups is 3. The largest absolute Gasteiger partial charge is 0.497 e. The Kier molecular flexibility index (Phi) is 8.76. The monoisotopic (exact) mass is 566 g/mol. The van der Waals surface area contributed by atoms with Gasteiger partial charge < -0.3 is 29.9 Å². The van der Waals surface area contributed by atoms with Crippen LogP contribution in [0.1, 0.15) is 52.9 Å². The SMILES string of the molecule is CCCCN(C)CCN1C(=O)[C@@H]2C(C(=O)Nc3ccc(OC)cc3)[C@@H]3C=CC2(O3)C1C(=O)NC1CCCC(C)C1C. The van der Waals surface area contributed by atoms with Gasteiger partial charge in [0.25, 0.3) is 0 Å². The summed E-state index contributed by atoms with van der Waals surface area (Å²) < 4.78 is 11.7. The van der Waals surface area contributed by atoms with E-state index in [1.165, 1.54) is 0 Å². The van der Waals surface area contributed by atoms with Crippen molar-refractivity contribution in [3.05, 3.63) is 36.4 Å². The molecule has 6 unspecified atom stereocenters. The Labute approximate surface area is 244 Å². The molecule has 3 amide bonds. The number of rotatable bonds is 11. The normalized spacial score (nSPS) is 33.8. The van der Waals surface area contributed by atoms with Crippen LogP contribution in [0, 0.1) is 23.7 Å². The highest BCUT2D eigenvalue weighted by atomic mass is 16.5. The molecule has 5 rings (SSSR count). The minimum atomic E-state index is -1.15. The van der Waals surface area contributed by atoms with E-state index in [1.54, 1.807) is 36.3 Å². The van der Waals surface area contributed by atoms with Crippen molar-refractivity contribution in [2.75, 3.05) is 39.1 Å². The summed E-state index contributed by atoms with van der Waals surface area (Å²) in [5.41, 5.74) is -0.537. The third-order valence-electron chi connectivity index (χ3n) is 9.93. The first-order valence-corrected chi connectivity index (χ1v) is 15.3. The molecule has 1 spiro atoms. The highest BCUT2D eigenvalue weighted by Gasteiger charge is 2.72. The van der Waals surface area contributed by atoms with Gasteiger partial charge in [0.05, 0.1) is 25.0 Å². The molecule has 0 aromatic heterocycles. The van der Waals surface area contributed by atoms with Crippen LogP contribution in [0.5, 0.6) is 5.75 Å². The van der Waals surface area contributed by atoms with Gasteiger partial charge in [-0.05, 0) is 62.5 Å². The van der Waals surface area contributed by atoms with Gasteiger partial charge in [-0.2, -0.15) is 0 Å². The van der Waals surface area contributed by atoms with Crippen LogP contribution in [0.3, 0.4) is 0 Å². The quantitative estimate of drug-likeness (QED) is 0.398. The van der Waals surface area contributed by atoms with Crippen LogP contribution < -0.4 is 15.4 Å². The second-order valence-corrected chi connectivity index (χ2v) is 12.5. The number of benzene rings is 1. The first-order chi connectivity index (χ1) is 19.7. The molecule has 2 bridgehead atoms. The molecule has 3 aliphatic heterocycles. The lowest BCUT2D eigenvalue weighted by Gasteiger charge is -2.38. The lowest BCUT2D eigenvalue weighted by atomic mass is 9.73. The van der Waals surface area contributed by atoms with Gasteiger partial charge in [0, 0.05) is 24.8 Å². The van der Waals surface area contributed by atoms with E-state index >= 15 is 0 Å². The maximum Gasteiger partial charge on any atom is 0.246 e. The molecular weight excluding hydrogens is 520 g/mol. The zero-order chi connectivity index (χ0) is 29.3. The van der Waals surface area contributed by atoms with Crippen molar-refractivity contribution in [3.8, 4) is 5.75 Å². The number of hydrogen-bond donors (Lipinski definition) is 2. The minimum Gasteiger partial charge on any atom is -0.497 e. The lowest BCUT2D eigenvalue weighted by molar-refractivity contribution is -0.141. The lowest BCUT2D eigenvalue weighted by Crippen LogP contribution is -2.58. The van der Waals surface area contributed by atoms with Gasteiger partial charge in [-0.25, -0.2) is 0 Å². The Bertz CT molecular complexity index is 1160. The van der Waals surface area contributed by atoms with Crippen LogP contribution in [0.25, 0.3) is 0 Å². The number of nitrogens with zero attached hydrogens (tertiary/aromatic N) is 2. The molecule has 9 nitrogen and oxygen atoms in total. The van der Waals surface area contributed by atoms with E-state index < -0.39 is 29.6 Å². The Morgan fingerprint density at radius 3 is 2.61 bits per heavy atom. The average Bonchev–Trinajstić information content (AvgIpc) is 3.60. The van der Waals surface area contributed by atoms with E-state index in [-0.39, 0.29) is 23.8 Å². The molecule has 0 radical (unpaired) electrons. The third-order valence-corrected chi connectivity index (χ3v) is 9.93. The van der Waals surface area contributed by atoms with Gasteiger partial charge in [0.2, 0.25) is 17.7 Å². The average molecular weight is 567 g/mol. The van der Waals surface area contributed by atoms with Crippen LogP contribution in [0.2, 0.25) is 0 Å². The molecule has 1 aromatic carbocycles. The summed E-state index contributed by atoms with van der Waals surface area (Å²) >= 11 is 0. The summed E-state index contributed by atoms with van der Waals surface area (Å²) in [6.45, 7) is 8.57. The summed E-state index contributed by atoms with van der Waals surface area (Å²) in [7, 11) is 3.63. The molecule has 4 aliphatic rings. The number of ether oxygens (including phenoxy) is 2. The summed E-state index contributed by atoms with van der Waals surface area (Å²) in [4.78, 5) is 45.9. The zero-order valence-electron chi connectivity index (χ0n) is 25.1. The second-order valence-electron chi connectivity index (χ2n) is 12.5. The van der Waals surface area contributed by atoms with Gasteiger partial charge >= 0.3 is 0 Å². The van der Waals surface area contributed by atoms with Crippen molar-refractivity contribution in [1.82, 2.24) is 15.1 Å². The molecule has 1 aliphatic carbocycles. The summed E-state index contributed by atoms with van der Waals surface area (Å²) in [5.74, 6) is -0.541. The zero-order valence-corrected chi connectivity index (χ0v) is 25.1. The Hall–Kier alpha value is -2.91. The first-order valence-electron chi connectivity index (χ1n) is 15.3. The fourth-order valence-corrected chi connectivity index (χ4v) is 7.27. The predicted octanol–water partition coefficient (Wildman–Crippen LogP) is 3.46. The summed E-state index contributed by atoms with van der Waals surface area (Å²) in [6.07, 6.45) is 8.52. The highest BCUT2D eigenvalue weighted by molar-refractivity contribution is 6.02. The van der Waals surface area contributed by atoms with Crippen molar-refractivity contribution in [3.63, 3.8) is 0 Å². The molecule has 224 valence electrons. The molecule has 3 heterocycles. The molecular formula is C32H46N4O5. The third kappa shape index (κ3) is 5.50. The molecule has 1 aromatic rings. The van der Waals surface area contributed by atoms with E-state index in [1.807, 2.05) is 19.2 Å². The van der Waals surface area contributed by atoms with E-state index in [4.69, 9.17) is 9.47 Å². The number of unbranched alkanes of at least 4 members (excludes halogenated alkanes) is 1. The molecule has 2 saturated heterocycles. The van der Waals surface area contributed by atoms with Crippen molar-refractivity contribution in [2.45, 2.75) is 76.7 Å². The molecule has 3 fully saturated rings. The van der Waals surface area contributed by atoms with Gasteiger partial charge in [-0.3, -0.25) is 14.4 Å². The predicted molar refractivity (Wildman–Crippen MR) is 157 cm³/mol. The van der Waals surface area contributed by atoms with Crippen LogP contribution in [-0.4, -0.2) is 85.1 Å². The van der Waals surface area contributed by atoms with Crippen LogP contribution in [0.4, 0.5) is 5.69 Å². The summed E-state index contributed by atoms with van der Waals surface area (Å²) in [6, 6.07) is 6.34. The molecule has 1 saturated carbocycles. The number of hydrogen-bond acceptors (Lipinski definition) is 6. The fourth-order valence-electron chi connectivity index (χ4n) is 7.27. The maximum atomic E-state index is 14.2. The second kappa shape index (κ2) is 12.1. The van der Waals surface area contributed by atoms with E-state index in [2.05, 4.69) is 36.3 Å². The van der Waals surface area contributed by atoms with Gasteiger partial charge in [-0.15, -0.1) is 0 Å². The first kappa shape index (κ1) is 29.6.